The number of aromatic nitrogens is 1. The summed E-state index contributed by atoms with van der Waals surface area (Å²) < 4.78 is 37.9. The Labute approximate surface area is 123 Å². The first kappa shape index (κ1) is 15.9. The van der Waals surface area contributed by atoms with E-state index in [1.165, 1.54) is 0 Å². The van der Waals surface area contributed by atoms with Crippen molar-refractivity contribution in [1.82, 2.24) is 9.88 Å². The number of nitrogens with zero attached hydrogens (tertiary/aromatic N) is 1. The first-order valence-corrected chi connectivity index (χ1v) is 6.88. The monoisotopic (exact) mass is 322 g/mol. The molecule has 1 heterocycles. The molecule has 21 heavy (non-hydrogen) atoms. The van der Waals surface area contributed by atoms with E-state index in [2.05, 4.69) is 4.98 Å². The van der Waals surface area contributed by atoms with E-state index < -0.39 is 24.2 Å². The molecule has 1 aliphatic carbocycles. The molecule has 0 saturated heterocycles. The molecule has 1 aromatic heterocycles. The van der Waals surface area contributed by atoms with E-state index in [0.29, 0.717) is 0 Å². The number of carbonyl (C=O) groups excluding carboxylic acids is 1. The maximum Gasteiger partial charge on any atom is 0.406 e. The third-order valence-corrected chi connectivity index (χ3v) is 3.62. The van der Waals surface area contributed by atoms with Gasteiger partial charge in [0.25, 0.3) is 5.91 Å². The summed E-state index contributed by atoms with van der Waals surface area (Å²) in [6, 6.07) is 2.12. The highest BCUT2D eigenvalue weighted by Gasteiger charge is 2.35. The van der Waals surface area contributed by atoms with E-state index in [0.717, 1.165) is 36.3 Å². The Balaban J connectivity index is 2.21. The standard InChI is InChI=1S/C13H14ClF3N2O2/c14-10-4-9(5-11(20)18-10)12(21)19(7-13(15,16)17)6-8-2-1-3-8/h4-5,8H,1-3,6-7H2,(H,18,20). The van der Waals surface area contributed by atoms with Crippen molar-refractivity contribution in [1.29, 1.82) is 0 Å². The zero-order chi connectivity index (χ0) is 15.6. The van der Waals surface area contributed by atoms with Gasteiger partial charge < -0.3 is 9.88 Å². The fourth-order valence-electron chi connectivity index (χ4n) is 2.24. The predicted molar refractivity (Wildman–Crippen MR) is 71.4 cm³/mol. The van der Waals surface area contributed by atoms with E-state index in [9.17, 15) is 22.8 Å². The van der Waals surface area contributed by atoms with E-state index in [1.807, 2.05) is 0 Å². The van der Waals surface area contributed by atoms with Crippen LogP contribution in [0.1, 0.15) is 29.6 Å². The summed E-state index contributed by atoms with van der Waals surface area (Å²) in [5.41, 5.74) is -0.756. The number of carbonyl (C=O) groups is 1. The van der Waals surface area contributed by atoms with Crippen LogP contribution in [0.2, 0.25) is 5.15 Å². The summed E-state index contributed by atoms with van der Waals surface area (Å²) in [6.07, 6.45) is -1.88. The van der Waals surface area contributed by atoms with Gasteiger partial charge in [0, 0.05) is 18.2 Å². The Morgan fingerprint density at radius 1 is 1.38 bits per heavy atom. The predicted octanol–water partition coefficient (Wildman–Crippen LogP) is 2.83. The third kappa shape index (κ3) is 4.49. The lowest BCUT2D eigenvalue weighted by Gasteiger charge is -2.32. The summed E-state index contributed by atoms with van der Waals surface area (Å²) in [6.45, 7) is -1.28. The van der Waals surface area contributed by atoms with Crippen LogP contribution < -0.4 is 5.56 Å². The van der Waals surface area contributed by atoms with Gasteiger partial charge >= 0.3 is 6.18 Å². The molecule has 0 aliphatic heterocycles. The quantitative estimate of drug-likeness (QED) is 0.867. The summed E-state index contributed by atoms with van der Waals surface area (Å²) in [7, 11) is 0. The van der Waals surface area contributed by atoms with E-state index in [4.69, 9.17) is 11.6 Å². The molecule has 0 radical (unpaired) electrons. The van der Waals surface area contributed by atoms with Crippen molar-refractivity contribution in [2.45, 2.75) is 25.4 Å². The third-order valence-electron chi connectivity index (χ3n) is 3.42. The number of alkyl halides is 3. The average Bonchev–Trinajstić information content (AvgIpc) is 2.28. The topological polar surface area (TPSA) is 53.2 Å². The minimum absolute atomic E-state index is 0.0444. The van der Waals surface area contributed by atoms with E-state index in [1.54, 1.807) is 0 Å². The summed E-state index contributed by atoms with van der Waals surface area (Å²) in [5.74, 6) is -0.735. The highest BCUT2D eigenvalue weighted by molar-refractivity contribution is 6.29. The largest absolute Gasteiger partial charge is 0.406 e. The lowest BCUT2D eigenvalue weighted by atomic mass is 9.85. The van der Waals surface area contributed by atoms with E-state index >= 15 is 0 Å². The van der Waals surface area contributed by atoms with Crippen LogP contribution in [0.5, 0.6) is 0 Å². The van der Waals surface area contributed by atoms with Gasteiger partial charge in [-0.05, 0) is 24.8 Å². The van der Waals surface area contributed by atoms with Crippen molar-refractivity contribution in [3.63, 3.8) is 0 Å². The Kier molecular flexibility index (Phi) is 4.61. The lowest BCUT2D eigenvalue weighted by molar-refractivity contribution is -0.142. The fraction of sp³-hybridized carbons (Fsp3) is 0.538. The van der Waals surface area contributed by atoms with Crippen molar-refractivity contribution in [3.8, 4) is 0 Å². The summed E-state index contributed by atoms with van der Waals surface area (Å²) in [5, 5.41) is -0.0820. The molecule has 1 aliphatic rings. The maximum absolute atomic E-state index is 12.6. The molecule has 0 bridgehead atoms. The lowest BCUT2D eigenvalue weighted by Crippen LogP contribution is -2.43. The second kappa shape index (κ2) is 6.09. The summed E-state index contributed by atoms with van der Waals surface area (Å²) in [4.78, 5) is 26.5. The normalized spacial score (nSPS) is 15.6. The molecule has 1 fully saturated rings. The van der Waals surface area contributed by atoms with Gasteiger partial charge in [-0.2, -0.15) is 13.2 Å². The molecule has 1 amide bonds. The first-order chi connectivity index (χ1) is 9.74. The van der Waals surface area contributed by atoms with Crippen LogP contribution in [0.25, 0.3) is 0 Å². The van der Waals surface area contributed by atoms with Crippen LogP contribution in [0, 0.1) is 5.92 Å². The number of hydrogen-bond donors (Lipinski definition) is 1. The molecule has 1 aromatic rings. The molecule has 0 atom stereocenters. The Morgan fingerprint density at radius 3 is 2.52 bits per heavy atom. The molecule has 0 unspecified atom stereocenters. The van der Waals surface area contributed by atoms with Gasteiger partial charge in [0.2, 0.25) is 5.56 Å². The molecule has 2 rings (SSSR count). The van der Waals surface area contributed by atoms with Crippen molar-refractivity contribution in [2.24, 2.45) is 5.92 Å². The molecule has 1 N–H and O–H groups in total. The second-order valence-electron chi connectivity index (χ2n) is 5.18. The molecular weight excluding hydrogens is 309 g/mol. The molecule has 116 valence electrons. The number of halogens is 4. The number of hydrogen-bond acceptors (Lipinski definition) is 2. The number of pyridine rings is 1. The number of aromatic amines is 1. The van der Waals surface area contributed by atoms with Crippen molar-refractivity contribution in [3.05, 3.63) is 33.2 Å². The van der Waals surface area contributed by atoms with Crippen LogP contribution >= 0.6 is 11.6 Å². The zero-order valence-corrected chi connectivity index (χ0v) is 11.8. The molecule has 0 aromatic carbocycles. The van der Waals surface area contributed by atoms with Crippen LogP contribution in [0.3, 0.4) is 0 Å². The number of nitrogens with one attached hydrogen (secondary N) is 1. The van der Waals surface area contributed by atoms with Crippen LogP contribution in [-0.2, 0) is 0 Å². The van der Waals surface area contributed by atoms with Crippen molar-refractivity contribution < 1.29 is 18.0 Å². The summed E-state index contributed by atoms with van der Waals surface area (Å²) >= 11 is 5.63. The average molecular weight is 323 g/mol. The first-order valence-electron chi connectivity index (χ1n) is 6.50. The molecule has 0 spiro atoms. The second-order valence-corrected chi connectivity index (χ2v) is 5.59. The highest BCUT2D eigenvalue weighted by atomic mass is 35.5. The SMILES string of the molecule is O=C(c1cc(Cl)[nH]c(=O)c1)N(CC1CCC1)CC(F)(F)F. The minimum Gasteiger partial charge on any atom is -0.329 e. The van der Waals surface area contributed by atoms with Gasteiger partial charge in [-0.25, -0.2) is 0 Å². The molecule has 8 heteroatoms. The number of amides is 1. The van der Waals surface area contributed by atoms with Gasteiger partial charge in [0.1, 0.15) is 11.7 Å². The van der Waals surface area contributed by atoms with Crippen molar-refractivity contribution in [2.75, 3.05) is 13.1 Å². The van der Waals surface area contributed by atoms with Gasteiger partial charge in [-0.1, -0.05) is 18.0 Å². The van der Waals surface area contributed by atoms with Gasteiger partial charge in [-0.3, -0.25) is 9.59 Å². The molecule has 4 nitrogen and oxygen atoms in total. The van der Waals surface area contributed by atoms with Gasteiger partial charge in [0.05, 0.1) is 0 Å². The highest BCUT2D eigenvalue weighted by Crippen LogP contribution is 2.29. The van der Waals surface area contributed by atoms with E-state index in [-0.39, 0.29) is 23.2 Å². The minimum atomic E-state index is -4.48. The van der Waals surface area contributed by atoms with Crippen LogP contribution in [0.4, 0.5) is 13.2 Å². The Hall–Kier alpha value is -1.50. The number of H-pyrrole nitrogens is 1. The molecular formula is C13H14ClF3N2O2. The number of rotatable bonds is 4. The maximum atomic E-state index is 12.6. The fourth-order valence-corrected chi connectivity index (χ4v) is 2.45. The van der Waals surface area contributed by atoms with Crippen molar-refractivity contribution >= 4 is 17.5 Å². The van der Waals surface area contributed by atoms with Gasteiger partial charge in [0.15, 0.2) is 0 Å². The van der Waals surface area contributed by atoms with Gasteiger partial charge in [-0.15, -0.1) is 0 Å². The van der Waals surface area contributed by atoms with Crippen LogP contribution in [0.15, 0.2) is 16.9 Å². The Morgan fingerprint density at radius 2 is 2.05 bits per heavy atom. The molecule has 1 saturated carbocycles. The smallest absolute Gasteiger partial charge is 0.329 e. The zero-order valence-electron chi connectivity index (χ0n) is 11.0. The Bertz CT molecular complexity index is 582. The van der Waals surface area contributed by atoms with Crippen LogP contribution in [-0.4, -0.2) is 35.1 Å².